The molecular weight excluding hydrogens is 294 g/mol. The van der Waals surface area contributed by atoms with Crippen LogP contribution in [0.25, 0.3) is 0 Å². The van der Waals surface area contributed by atoms with Crippen LogP contribution < -0.4 is 10.6 Å². The molecule has 23 heavy (non-hydrogen) atoms. The van der Waals surface area contributed by atoms with Gasteiger partial charge < -0.3 is 10.6 Å². The third-order valence-corrected chi connectivity index (χ3v) is 4.71. The van der Waals surface area contributed by atoms with E-state index in [1.165, 1.54) is 0 Å². The van der Waals surface area contributed by atoms with Crippen molar-refractivity contribution in [2.75, 3.05) is 26.2 Å². The number of carbonyl (C=O) groups is 2. The second kappa shape index (κ2) is 7.59. The molecule has 0 spiro atoms. The second-order valence-corrected chi connectivity index (χ2v) is 6.49. The summed E-state index contributed by atoms with van der Waals surface area (Å²) in [5, 5.41) is 12.8. The molecule has 0 aliphatic carbocycles. The maximum atomic E-state index is 12.3. The van der Waals surface area contributed by atoms with Crippen LogP contribution in [0.4, 0.5) is 0 Å². The van der Waals surface area contributed by atoms with E-state index in [1.54, 1.807) is 6.20 Å². The summed E-state index contributed by atoms with van der Waals surface area (Å²) >= 11 is 0. The monoisotopic (exact) mass is 319 g/mol. The van der Waals surface area contributed by atoms with E-state index in [0.29, 0.717) is 19.0 Å². The molecule has 126 valence electrons. The van der Waals surface area contributed by atoms with Crippen LogP contribution in [-0.4, -0.2) is 59.1 Å². The Morgan fingerprint density at radius 3 is 3.09 bits per heavy atom. The molecule has 0 unspecified atom stereocenters. The highest BCUT2D eigenvalue weighted by molar-refractivity contribution is 5.88. The van der Waals surface area contributed by atoms with Gasteiger partial charge in [0.25, 0.3) is 0 Å². The van der Waals surface area contributed by atoms with Gasteiger partial charge in [-0.25, -0.2) is 0 Å². The molecule has 0 saturated carbocycles. The van der Waals surface area contributed by atoms with Gasteiger partial charge in [-0.15, -0.1) is 0 Å². The Bertz CT molecular complexity index is 531. The van der Waals surface area contributed by atoms with Gasteiger partial charge >= 0.3 is 0 Å². The van der Waals surface area contributed by atoms with Gasteiger partial charge in [0.15, 0.2) is 0 Å². The van der Waals surface area contributed by atoms with E-state index in [1.807, 2.05) is 6.07 Å². The van der Waals surface area contributed by atoms with Gasteiger partial charge in [-0.1, -0.05) is 0 Å². The van der Waals surface area contributed by atoms with Crippen LogP contribution >= 0.6 is 0 Å². The number of piperidine rings is 1. The third-order valence-electron chi connectivity index (χ3n) is 4.71. The van der Waals surface area contributed by atoms with Crippen LogP contribution in [-0.2, 0) is 9.59 Å². The maximum absolute atomic E-state index is 12.3. The molecule has 0 radical (unpaired) electrons. The lowest BCUT2D eigenvalue weighted by Crippen LogP contribution is -2.49. The van der Waals surface area contributed by atoms with Crippen LogP contribution in [0.3, 0.4) is 0 Å². The maximum Gasteiger partial charge on any atom is 0.242 e. The minimum atomic E-state index is -0.377. The summed E-state index contributed by atoms with van der Waals surface area (Å²) in [6.45, 7) is 2.85. The summed E-state index contributed by atoms with van der Waals surface area (Å²) in [5.74, 6) is 0.294. The Morgan fingerprint density at radius 1 is 1.35 bits per heavy atom. The first-order valence-electron chi connectivity index (χ1n) is 8.51. The Balaban J connectivity index is 1.50. The molecule has 7 heteroatoms. The lowest BCUT2D eigenvalue weighted by Gasteiger charge is -2.32. The van der Waals surface area contributed by atoms with Crippen molar-refractivity contribution >= 4 is 11.8 Å². The van der Waals surface area contributed by atoms with Crippen LogP contribution in [0.2, 0.25) is 0 Å². The van der Waals surface area contributed by atoms with Crippen molar-refractivity contribution in [3.05, 3.63) is 18.0 Å². The zero-order valence-electron chi connectivity index (χ0n) is 13.4. The Labute approximate surface area is 136 Å². The van der Waals surface area contributed by atoms with E-state index >= 15 is 0 Å². The molecular formula is C16H25N5O2. The Hall–Kier alpha value is -1.89. The van der Waals surface area contributed by atoms with E-state index in [9.17, 15) is 9.59 Å². The topological polar surface area (TPSA) is 90.1 Å². The fraction of sp³-hybridized carbons (Fsp3) is 0.688. The molecule has 1 aromatic rings. The fourth-order valence-electron chi connectivity index (χ4n) is 3.47. The fourth-order valence-corrected chi connectivity index (χ4v) is 3.47. The van der Waals surface area contributed by atoms with Crippen LogP contribution in [0.5, 0.6) is 0 Å². The van der Waals surface area contributed by atoms with Gasteiger partial charge in [0.1, 0.15) is 6.04 Å². The first-order chi connectivity index (χ1) is 11.2. The average Bonchev–Trinajstić information content (AvgIpc) is 3.01. The number of amides is 2. The zero-order chi connectivity index (χ0) is 16.1. The van der Waals surface area contributed by atoms with E-state index < -0.39 is 0 Å². The van der Waals surface area contributed by atoms with Gasteiger partial charge in [-0.2, -0.15) is 5.10 Å². The number of carbonyl (C=O) groups excluding carboxylic acids is 2. The number of aromatic amines is 1. The highest BCUT2D eigenvalue weighted by Crippen LogP contribution is 2.24. The van der Waals surface area contributed by atoms with Gasteiger partial charge in [-0.3, -0.25) is 19.6 Å². The molecule has 2 aliphatic heterocycles. The van der Waals surface area contributed by atoms with Crippen molar-refractivity contribution in [1.82, 2.24) is 25.7 Å². The number of aromatic nitrogens is 2. The van der Waals surface area contributed by atoms with E-state index in [4.69, 9.17) is 0 Å². The number of likely N-dealkylation sites (tertiary alicyclic amines) is 1. The number of nitrogens with one attached hydrogen (secondary N) is 3. The van der Waals surface area contributed by atoms with Crippen molar-refractivity contribution in [2.24, 2.45) is 0 Å². The Morgan fingerprint density at radius 2 is 2.26 bits per heavy atom. The van der Waals surface area contributed by atoms with Gasteiger partial charge in [0.2, 0.25) is 11.8 Å². The third kappa shape index (κ3) is 4.31. The van der Waals surface area contributed by atoms with E-state index in [-0.39, 0.29) is 17.9 Å². The van der Waals surface area contributed by atoms with Crippen molar-refractivity contribution in [2.45, 2.75) is 44.1 Å². The molecule has 2 saturated heterocycles. The molecule has 2 atom stereocenters. The van der Waals surface area contributed by atoms with Crippen LogP contribution in [0, 0.1) is 0 Å². The quantitative estimate of drug-likeness (QED) is 0.748. The molecule has 7 nitrogen and oxygen atoms in total. The lowest BCUT2D eigenvalue weighted by molar-refractivity contribution is -0.129. The molecule has 2 fully saturated rings. The summed E-state index contributed by atoms with van der Waals surface area (Å²) in [5.41, 5.74) is 1.14. The summed E-state index contributed by atoms with van der Waals surface area (Å²) in [7, 11) is 0. The molecule has 1 aromatic heterocycles. The zero-order valence-corrected chi connectivity index (χ0v) is 13.4. The van der Waals surface area contributed by atoms with E-state index in [0.717, 1.165) is 50.9 Å². The number of hydrogen-bond donors (Lipinski definition) is 3. The summed E-state index contributed by atoms with van der Waals surface area (Å²) in [6, 6.07) is 1.63. The van der Waals surface area contributed by atoms with Crippen LogP contribution in [0.1, 0.15) is 43.7 Å². The van der Waals surface area contributed by atoms with Crippen molar-refractivity contribution in [1.29, 1.82) is 0 Å². The largest absolute Gasteiger partial charge is 0.354 e. The van der Waals surface area contributed by atoms with E-state index in [2.05, 4.69) is 25.7 Å². The van der Waals surface area contributed by atoms with Crippen molar-refractivity contribution < 1.29 is 9.59 Å². The lowest BCUT2D eigenvalue weighted by atomic mass is 9.95. The number of H-pyrrole nitrogens is 1. The SMILES string of the molecule is O=C(CN1CCC[C@@H](c2ccn[nH]2)C1)N[C@@H]1CCCCNC1=O. The molecule has 0 aromatic carbocycles. The molecule has 0 bridgehead atoms. The predicted octanol–water partition coefficient (Wildman–Crippen LogP) is 0.374. The Kier molecular flexibility index (Phi) is 5.27. The van der Waals surface area contributed by atoms with Crippen molar-refractivity contribution in [3.8, 4) is 0 Å². The van der Waals surface area contributed by atoms with Crippen LogP contribution in [0.15, 0.2) is 12.3 Å². The second-order valence-electron chi connectivity index (χ2n) is 6.49. The van der Waals surface area contributed by atoms with Gasteiger partial charge in [-0.05, 0) is 44.7 Å². The predicted molar refractivity (Wildman–Crippen MR) is 85.8 cm³/mol. The summed E-state index contributed by atoms with van der Waals surface area (Å²) in [6.07, 6.45) is 6.64. The highest BCUT2D eigenvalue weighted by Gasteiger charge is 2.26. The minimum Gasteiger partial charge on any atom is -0.354 e. The normalized spacial score (nSPS) is 26.3. The molecule has 3 rings (SSSR count). The highest BCUT2D eigenvalue weighted by atomic mass is 16.2. The van der Waals surface area contributed by atoms with Gasteiger partial charge in [0, 0.05) is 30.9 Å². The number of hydrogen-bond acceptors (Lipinski definition) is 4. The molecule has 2 aliphatic rings. The van der Waals surface area contributed by atoms with Gasteiger partial charge in [0.05, 0.1) is 6.54 Å². The number of nitrogens with zero attached hydrogens (tertiary/aromatic N) is 2. The summed E-state index contributed by atoms with van der Waals surface area (Å²) in [4.78, 5) is 26.3. The molecule has 3 heterocycles. The molecule has 3 N–H and O–H groups in total. The smallest absolute Gasteiger partial charge is 0.242 e. The first kappa shape index (κ1) is 16.0. The molecule has 2 amide bonds. The first-order valence-corrected chi connectivity index (χ1v) is 8.51. The minimum absolute atomic E-state index is 0.0511. The van der Waals surface area contributed by atoms with Crippen molar-refractivity contribution in [3.63, 3.8) is 0 Å². The summed E-state index contributed by atoms with van der Waals surface area (Å²) < 4.78 is 0. The number of rotatable bonds is 4. The standard InChI is InChI=1S/C16H25N5O2/c22-15(19-14-5-1-2-7-17-16(14)23)11-21-9-3-4-12(10-21)13-6-8-18-20-13/h6,8,12,14H,1-5,7,9-11H2,(H,17,23)(H,18,20)(H,19,22)/t12-,14-/m1/s1. The average molecular weight is 319 g/mol.